The van der Waals surface area contributed by atoms with Gasteiger partial charge in [0.1, 0.15) is 5.82 Å². The van der Waals surface area contributed by atoms with Gasteiger partial charge in [0, 0.05) is 17.3 Å². The molecule has 0 atom stereocenters. The third kappa shape index (κ3) is 3.56. The highest BCUT2D eigenvalue weighted by atomic mass is 35.5. The van der Waals surface area contributed by atoms with Crippen molar-refractivity contribution in [1.82, 2.24) is 14.9 Å². The molecular formula is C12H16ClN3S. The lowest BCUT2D eigenvalue weighted by atomic mass is 10.4. The number of hydrogen-bond donors (Lipinski definition) is 1. The Hall–Kier alpha value is -0.840. The lowest BCUT2D eigenvalue weighted by molar-refractivity contribution is 0.617. The molecule has 0 aromatic carbocycles. The molecule has 5 heteroatoms. The van der Waals surface area contributed by atoms with Gasteiger partial charge in [0.2, 0.25) is 0 Å². The summed E-state index contributed by atoms with van der Waals surface area (Å²) < 4.78 is 3.00. The van der Waals surface area contributed by atoms with Crippen LogP contribution in [-0.2, 0) is 13.1 Å². The number of thiophene rings is 1. The molecule has 17 heavy (non-hydrogen) atoms. The summed E-state index contributed by atoms with van der Waals surface area (Å²) in [5.74, 6) is 1.07. The molecule has 0 saturated carbocycles. The molecule has 92 valence electrons. The molecular weight excluding hydrogens is 254 g/mol. The maximum Gasteiger partial charge on any atom is 0.122 e. The molecule has 2 aromatic heterocycles. The average Bonchev–Trinajstić information content (AvgIpc) is 2.90. The molecule has 0 fully saturated rings. The van der Waals surface area contributed by atoms with E-state index < -0.39 is 0 Å². The van der Waals surface area contributed by atoms with Gasteiger partial charge in [-0.2, -0.15) is 0 Å². The summed E-state index contributed by atoms with van der Waals surface area (Å²) in [5, 5.41) is 3.36. The third-order valence-corrected chi connectivity index (χ3v) is 3.68. The quantitative estimate of drug-likeness (QED) is 0.817. The van der Waals surface area contributed by atoms with Crippen molar-refractivity contribution in [3.8, 4) is 0 Å². The van der Waals surface area contributed by atoms with E-state index in [0.717, 1.165) is 36.2 Å². The second-order valence-corrected chi connectivity index (χ2v) is 5.65. The van der Waals surface area contributed by atoms with Gasteiger partial charge in [-0.15, -0.1) is 11.3 Å². The van der Waals surface area contributed by atoms with Crippen LogP contribution in [0.5, 0.6) is 0 Å². The molecule has 0 aliphatic heterocycles. The Morgan fingerprint density at radius 1 is 1.47 bits per heavy atom. The van der Waals surface area contributed by atoms with Crippen LogP contribution in [0.15, 0.2) is 24.5 Å². The van der Waals surface area contributed by atoms with Crippen molar-refractivity contribution in [2.45, 2.75) is 26.4 Å². The lowest BCUT2D eigenvalue weighted by Crippen LogP contribution is -2.17. The Kier molecular flexibility index (Phi) is 4.59. The van der Waals surface area contributed by atoms with Crippen LogP contribution in [0.2, 0.25) is 4.34 Å². The van der Waals surface area contributed by atoms with E-state index in [4.69, 9.17) is 11.6 Å². The molecule has 0 radical (unpaired) electrons. The Balaban J connectivity index is 1.98. The Bertz CT molecular complexity index is 464. The molecule has 0 bridgehead atoms. The topological polar surface area (TPSA) is 29.9 Å². The second-order valence-electron chi connectivity index (χ2n) is 3.85. The molecule has 0 unspecified atom stereocenters. The van der Waals surface area contributed by atoms with Crippen LogP contribution >= 0.6 is 22.9 Å². The SMILES string of the molecule is CCCNCc1nccn1Cc1ccc(Cl)s1. The van der Waals surface area contributed by atoms with Crippen molar-refractivity contribution in [1.29, 1.82) is 0 Å². The van der Waals surface area contributed by atoms with E-state index in [1.54, 1.807) is 11.3 Å². The van der Waals surface area contributed by atoms with Gasteiger partial charge in [0.25, 0.3) is 0 Å². The van der Waals surface area contributed by atoms with Crippen LogP contribution in [0.25, 0.3) is 0 Å². The van der Waals surface area contributed by atoms with E-state index in [1.807, 2.05) is 18.5 Å². The summed E-state index contributed by atoms with van der Waals surface area (Å²) in [4.78, 5) is 5.62. The summed E-state index contributed by atoms with van der Waals surface area (Å²) in [7, 11) is 0. The highest BCUT2D eigenvalue weighted by Crippen LogP contribution is 2.22. The number of nitrogens with zero attached hydrogens (tertiary/aromatic N) is 2. The lowest BCUT2D eigenvalue weighted by Gasteiger charge is -2.07. The summed E-state index contributed by atoms with van der Waals surface area (Å²) >= 11 is 7.54. The van der Waals surface area contributed by atoms with E-state index in [2.05, 4.69) is 27.9 Å². The fourth-order valence-electron chi connectivity index (χ4n) is 1.63. The third-order valence-electron chi connectivity index (χ3n) is 2.47. The molecule has 0 amide bonds. The molecule has 1 N–H and O–H groups in total. The molecule has 2 heterocycles. The number of aromatic nitrogens is 2. The molecule has 0 aliphatic carbocycles. The number of rotatable bonds is 6. The second kappa shape index (κ2) is 6.19. The normalized spacial score (nSPS) is 10.9. The van der Waals surface area contributed by atoms with Gasteiger partial charge in [-0.3, -0.25) is 0 Å². The minimum absolute atomic E-state index is 0.819. The van der Waals surface area contributed by atoms with Gasteiger partial charge in [-0.25, -0.2) is 4.98 Å². The molecule has 3 nitrogen and oxygen atoms in total. The van der Waals surface area contributed by atoms with Crippen LogP contribution in [0.1, 0.15) is 24.0 Å². The smallest absolute Gasteiger partial charge is 0.122 e. The summed E-state index contributed by atoms with van der Waals surface area (Å²) in [5.41, 5.74) is 0. The average molecular weight is 270 g/mol. The van der Waals surface area contributed by atoms with Gasteiger partial charge < -0.3 is 9.88 Å². The number of hydrogen-bond acceptors (Lipinski definition) is 3. The van der Waals surface area contributed by atoms with Crippen LogP contribution in [0.4, 0.5) is 0 Å². The maximum atomic E-state index is 5.92. The zero-order valence-corrected chi connectivity index (χ0v) is 11.4. The van der Waals surface area contributed by atoms with E-state index in [9.17, 15) is 0 Å². The summed E-state index contributed by atoms with van der Waals surface area (Å²) in [6, 6.07) is 4.00. The van der Waals surface area contributed by atoms with E-state index in [0.29, 0.717) is 0 Å². The van der Waals surface area contributed by atoms with Crippen LogP contribution in [-0.4, -0.2) is 16.1 Å². The van der Waals surface area contributed by atoms with Crippen molar-refractivity contribution >= 4 is 22.9 Å². The molecule has 0 spiro atoms. The fourth-order valence-corrected chi connectivity index (χ4v) is 2.72. The zero-order valence-electron chi connectivity index (χ0n) is 9.82. The molecule has 0 saturated heterocycles. The minimum atomic E-state index is 0.819. The first kappa shape index (κ1) is 12.6. The monoisotopic (exact) mass is 269 g/mol. The predicted molar refractivity (Wildman–Crippen MR) is 72.7 cm³/mol. The Morgan fingerprint density at radius 3 is 3.06 bits per heavy atom. The van der Waals surface area contributed by atoms with Crippen LogP contribution in [0.3, 0.4) is 0 Å². The van der Waals surface area contributed by atoms with Gasteiger partial charge in [-0.1, -0.05) is 18.5 Å². The van der Waals surface area contributed by atoms with Gasteiger partial charge in [0.05, 0.1) is 17.4 Å². The molecule has 2 rings (SSSR count). The molecule has 2 aromatic rings. The van der Waals surface area contributed by atoms with E-state index in [1.165, 1.54) is 4.88 Å². The van der Waals surface area contributed by atoms with Crippen LogP contribution in [0, 0.1) is 0 Å². The first-order valence-corrected chi connectivity index (χ1v) is 6.94. The zero-order chi connectivity index (χ0) is 12.1. The van der Waals surface area contributed by atoms with Gasteiger partial charge in [-0.05, 0) is 25.1 Å². The highest BCUT2D eigenvalue weighted by Gasteiger charge is 2.04. The van der Waals surface area contributed by atoms with Crippen molar-refractivity contribution in [2.75, 3.05) is 6.54 Å². The molecule has 0 aliphatic rings. The van der Waals surface area contributed by atoms with Crippen molar-refractivity contribution in [3.05, 3.63) is 39.6 Å². The van der Waals surface area contributed by atoms with Crippen molar-refractivity contribution < 1.29 is 0 Å². The Labute approximate surface area is 110 Å². The standard InChI is InChI=1S/C12H16ClN3S/c1-2-5-14-8-12-15-6-7-16(12)9-10-3-4-11(13)17-10/h3-4,6-7,14H,2,5,8-9H2,1H3. The number of halogens is 1. The van der Waals surface area contributed by atoms with Gasteiger partial charge in [0.15, 0.2) is 0 Å². The first-order valence-electron chi connectivity index (χ1n) is 5.74. The van der Waals surface area contributed by atoms with E-state index >= 15 is 0 Å². The largest absolute Gasteiger partial charge is 0.329 e. The van der Waals surface area contributed by atoms with Crippen molar-refractivity contribution in [3.63, 3.8) is 0 Å². The van der Waals surface area contributed by atoms with Crippen LogP contribution < -0.4 is 5.32 Å². The number of imidazole rings is 1. The van der Waals surface area contributed by atoms with Gasteiger partial charge >= 0.3 is 0 Å². The minimum Gasteiger partial charge on any atom is -0.329 e. The van der Waals surface area contributed by atoms with Crippen molar-refractivity contribution in [2.24, 2.45) is 0 Å². The highest BCUT2D eigenvalue weighted by molar-refractivity contribution is 7.16. The predicted octanol–water partition coefficient (Wildman–Crippen LogP) is 3.15. The number of nitrogens with one attached hydrogen (secondary N) is 1. The maximum absolute atomic E-state index is 5.92. The summed E-state index contributed by atoms with van der Waals surface area (Å²) in [6.07, 6.45) is 5.00. The first-order chi connectivity index (χ1) is 8.29. The van der Waals surface area contributed by atoms with E-state index in [-0.39, 0.29) is 0 Å². The fraction of sp³-hybridized carbons (Fsp3) is 0.417. The Morgan fingerprint density at radius 2 is 2.35 bits per heavy atom. The summed E-state index contributed by atoms with van der Waals surface area (Å²) in [6.45, 7) is 4.85.